The summed E-state index contributed by atoms with van der Waals surface area (Å²) >= 11 is 4.97. The summed E-state index contributed by atoms with van der Waals surface area (Å²) in [5.74, 6) is -0.116. The molecule has 1 N–H and O–H groups in total. The first-order chi connectivity index (χ1) is 7.61. The van der Waals surface area contributed by atoms with E-state index in [4.69, 9.17) is 12.2 Å². The molecule has 0 saturated carbocycles. The smallest absolute Gasteiger partial charge is 0.276 e. The molecular weight excluding hydrogens is 224 g/mol. The summed E-state index contributed by atoms with van der Waals surface area (Å²) in [5, 5.41) is 7.42. The molecule has 16 heavy (non-hydrogen) atoms. The van der Waals surface area contributed by atoms with Crippen LogP contribution in [-0.2, 0) is 11.3 Å². The van der Waals surface area contributed by atoms with Gasteiger partial charge in [0.1, 0.15) is 5.70 Å². The van der Waals surface area contributed by atoms with E-state index in [2.05, 4.69) is 10.4 Å². The number of carbonyl (C=O) groups excluding carboxylic acids is 1. The van der Waals surface area contributed by atoms with Crippen LogP contribution in [0.5, 0.6) is 0 Å². The van der Waals surface area contributed by atoms with Gasteiger partial charge in [-0.3, -0.25) is 14.4 Å². The molecule has 1 amide bonds. The highest BCUT2D eigenvalue weighted by Crippen LogP contribution is 2.11. The number of amides is 1. The van der Waals surface area contributed by atoms with Crippen LogP contribution in [0.2, 0.25) is 0 Å². The molecule has 1 aliphatic heterocycles. The molecule has 1 aliphatic rings. The molecule has 2 rings (SSSR count). The minimum Gasteiger partial charge on any atom is -0.328 e. The minimum absolute atomic E-state index is 0.116. The molecule has 0 spiro atoms. The van der Waals surface area contributed by atoms with E-state index in [9.17, 15) is 4.79 Å². The molecule has 0 radical (unpaired) electrons. The van der Waals surface area contributed by atoms with Crippen molar-refractivity contribution in [1.29, 1.82) is 0 Å². The van der Waals surface area contributed by atoms with Crippen LogP contribution in [0.4, 0.5) is 0 Å². The lowest BCUT2D eigenvalue weighted by atomic mass is 10.3. The van der Waals surface area contributed by atoms with Gasteiger partial charge in [-0.15, -0.1) is 0 Å². The summed E-state index contributed by atoms with van der Waals surface area (Å²) in [4.78, 5) is 13.1. The normalized spacial score (nSPS) is 18.4. The van der Waals surface area contributed by atoms with E-state index >= 15 is 0 Å². The summed E-state index contributed by atoms with van der Waals surface area (Å²) in [6, 6.07) is 0. The number of nitrogens with one attached hydrogen (secondary N) is 1. The van der Waals surface area contributed by atoms with E-state index < -0.39 is 0 Å². The monoisotopic (exact) mass is 236 g/mol. The van der Waals surface area contributed by atoms with Crippen LogP contribution in [0.25, 0.3) is 6.08 Å². The van der Waals surface area contributed by atoms with Gasteiger partial charge < -0.3 is 5.32 Å². The number of nitrogens with zero attached hydrogens (tertiary/aromatic N) is 3. The average Bonchev–Trinajstić information content (AvgIpc) is 2.81. The summed E-state index contributed by atoms with van der Waals surface area (Å²) in [7, 11) is 1.65. The fourth-order valence-corrected chi connectivity index (χ4v) is 1.61. The standard InChI is InChI=1S/C10H12N4OS/c1-3-14-6-7(5-11-14)4-8-9(15)13(2)10(16)12-8/h4-6H,3H2,1-2H3,(H,12,16)/b8-4+. The van der Waals surface area contributed by atoms with Gasteiger partial charge in [0.15, 0.2) is 5.11 Å². The Balaban J connectivity index is 2.25. The Morgan fingerprint density at radius 1 is 1.62 bits per heavy atom. The van der Waals surface area contributed by atoms with Crippen molar-refractivity contribution in [1.82, 2.24) is 20.0 Å². The van der Waals surface area contributed by atoms with Crippen molar-refractivity contribution < 1.29 is 4.79 Å². The van der Waals surface area contributed by atoms with Crippen LogP contribution in [0.15, 0.2) is 18.1 Å². The van der Waals surface area contributed by atoms with Crippen molar-refractivity contribution >= 4 is 29.3 Å². The van der Waals surface area contributed by atoms with Gasteiger partial charge in [0, 0.05) is 25.4 Å². The number of aryl methyl sites for hydroxylation is 1. The van der Waals surface area contributed by atoms with Crippen molar-refractivity contribution in [3.63, 3.8) is 0 Å². The topological polar surface area (TPSA) is 50.2 Å². The van der Waals surface area contributed by atoms with Gasteiger partial charge in [-0.1, -0.05) is 0 Å². The van der Waals surface area contributed by atoms with Gasteiger partial charge >= 0.3 is 0 Å². The number of hydrogen-bond acceptors (Lipinski definition) is 3. The maximum Gasteiger partial charge on any atom is 0.276 e. The zero-order valence-electron chi connectivity index (χ0n) is 9.10. The average molecular weight is 236 g/mol. The first-order valence-electron chi connectivity index (χ1n) is 4.95. The van der Waals surface area contributed by atoms with Gasteiger partial charge in [0.25, 0.3) is 5.91 Å². The summed E-state index contributed by atoms with van der Waals surface area (Å²) in [6.07, 6.45) is 5.34. The zero-order valence-corrected chi connectivity index (χ0v) is 9.91. The highest BCUT2D eigenvalue weighted by atomic mass is 32.1. The second-order valence-corrected chi connectivity index (χ2v) is 3.87. The number of likely N-dealkylation sites (N-methyl/N-ethyl adjacent to an activating group) is 1. The highest BCUT2D eigenvalue weighted by molar-refractivity contribution is 7.80. The predicted octanol–water partition coefficient (Wildman–Crippen LogP) is 0.590. The molecule has 84 valence electrons. The Bertz CT molecular complexity index is 477. The number of hydrogen-bond donors (Lipinski definition) is 1. The van der Waals surface area contributed by atoms with E-state index in [1.165, 1.54) is 4.90 Å². The van der Waals surface area contributed by atoms with E-state index in [-0.39, 0.29) is 5.91 Å². The first kappa shape index (κ1) is 10.8. The quantitative estimate of drug-likeness (QED) is 0.603. The molecule has 0 unspecified atom stereocenters. The Morgan fingerprint density at radius 2 is 2.38 bits per heavy atom. The van der Waals surface area contributed by atoms with Crippen LogP contribution >= 0.6 is 12.2 Å². The first-order valence-corrected chi connectivity index (χ1v) is 5.36. The third kappa shape index (κ3) is 1.83. The van der Waals surface area contributed by atoms with Gasteiger partial charge in [0.05, 0.1) is 6.20 Å². The molecule has 2 heterocycles. The van der Waals surface area contributed by atoms with Crippen molar-refractivity contribution in [2.45, 2.75) is 13.5 Å². The molecule has 1 aromatic rings. The molecular formula is C10H12N4OS. The van der Waals surface area contributed by atoms with Crippen molar-refractivity contribution in [3.8, 4) is 0 Å². The predicted molar refractivity (Wildman–Crippen MR) is 64.4 cm³/mol. The molecule has 1 fully saturated rings. The maximum absolute atomic E-state index is 11.7. The van der Waals surface area contributed by atoms with Crippen LogP contribution in [0.1, 0.15) is 12.5 Å². The Kier molecular flexibility index (Phi) is 2.74. The molecule has 0 aromatic carbocycles. The highest BCUT2D eigenvalue weighted by Gasteiger charge is 2.26. The molecule has 6 heteroatoms. The van der Waals surface area contributed by atoms with Crippen LogP contribution in [-0.4, -0.2) is 32.7 Å². The van der Waals surface area contributed by atoms with E-state index in [1.807, 2.05) is 13.1 Å². The Hall–Kier alpha value is -1.69. The SMILES string of the molecule is CCn1cc(/C=C2/NC(=S)N(C)C2=O)cn1. The third-order valence-electron chi connectivity index (χ3n) is 2.37. The van der Waals surface area contributed by atoms with Gasteiger partial charge in [0.2, 0.25) is 0 Å². The Morgan fingerprint density at radius 3 is 2.88 bits per heavy atom. The van der Waals surface area contributed by atoms with Gasteiger partial charge in [-0.05, 0) is 25.2 Å². The summed E-state index contributed by atoms with van der Waals surface area (Å²) < 4.78 is 1.80. The molecule has 1 saturated heterocycles. The maximum atomic E-state index is 11.7. The van der Waals surface area contributed by atoms with Crippen molar-refractivity contribution in [3.05, 3.63) is 23.7 Å². The second-order valence-electron chi connectivity index (χ2n) is 3.48. The number of rotatable bonds is 2. The minimum atomic E-state index is -0.116. The van der Waals surface area contributed by atoms with Crippen molar-refractivity contribution in [2.24, 2.45) is 0 Å². The zero-order chi connectivity index (χ0) is 11.7. The molecule has 0 aliphatic carbocycles. The third-order valence-corrected chi connectivity index (χ3v) is 2.75. The fraction of sp³-hybridized carbons (Fsp3) is 0.300. The number of thiocarbonyl (C=S) groups is 1. The molecule has 1 aromatic heterocycles. The van der Waals surface area contributed by atoms with Crippen LogP contribution < -0.4 is 5.32 Å². The summed E-state index contributed by atoms with van der Waals surface area (Å²) in [6.45, 7) is 2.81. The lowest BCUT2D eigenvalue weighted by Gasteiger charge is -2.02. The van der Waals surface area contributed by atoms with Crippen LogP contribution in [0, 0.1) is 0 Å². The Labute approximate surface area is 98.7 Å². The van der Waals surface area contributed by atoms with E-state index in [1.54, 1.807) is 24.0 Å². The lowest BCUT2D eigenvalue weighted by Crippen LogP contribution is -2.25. The second kappa shape index (κ2) is 4.05. The molecule has 5 nitrogen and oxygen atoms in total. The van der Waals surface area contributed by atoms with E-state index in [0.717, 1.165) is 12.1 Å². The van der Waals surface area contributed by atoms with E-state index in [0.29, 0.717) is 10.8 Å². The largest absolute Gasteiger partial charge is 0.328 e. The molecule has 0 bridgehead atoms. The fourth-order valence-electron chi connectivity index (χ4n) is 1.42. The van der Waals surface area contributed by atoms with Crippen molar-refractivity contribution in [2.75, 3.05) is 7.05 Å². The van der Waals surface area contributed by atoms with Gasteiger partial charge in [-0.2, -0.15) is 5.10 Å². The summed E-state index contributed by atoms with van der Waals surface area (Å²) in [5.41, 5.74) is 1.37. The number of aromatic nitrogens is 2. The van der Waals surface area contributed by atoms with Gasteiger partial charge in [-0.25, -0.2) is 0 Å². The number of carbonyl (C=O) groups is 1. The molecule has 0 atom stereocenters. The van der Waals surface area contributed by atoms with Crippen LogP contribution in [0.3, 0.4) is 0 Å². The lowest BCUT2D eigenvalue weighted by molar-refractivity contribution is -0.121.